The van der Waals surface area contributed by atoms with Gasteiger partial charge in [-0.2, -0.15) is 0 Å². The van der Waals surface area contributed by atoms with Crippen molar-refractivity contribution in [3.8, 4) is 0 Å². The summed E-state index contributed by atoms with van der Waals surface area (Å²) in [5, 5.41) is 10.2. The van der Waals surface area contributed by atoms with Gasteiger partial charge in [-0.05, 0) is 37.2 Å². The molecule has 1 aliphatic carbocycles. The first-order valence-electron chi connectivity index (χ1n) is 7.64. The average Bonchev–Trinajstić information content (AvgIpc) is 2.83. The number of nitrogens with zero attached hydrogens (tertiary/aromatic N) is 1. The van der Waals surface area contributed by atoms with Crippen molar-refractivity contribution in [2.75, 3.05) is 0 Å². The molecule has 1 aromatic carbocycles. The molecule has 3 rings (SSSR count). The predicted molar refractivity (Wildman–Crippen MR) is 81.6 cm³/mol. The average molecular weight is 300 g/mol. The van der Waals surface area contributed by atoms with Crippen LogP contribution in [0.2, 0.25) is 0 Å². The van der Waals surface area contributed by atoms with Crippen LogP contribution in [0.1, 0.15) is 37.2 Å². The number of primary amides is 1. The Morgan fingerprint density at radius 3 is 2.32 bits per heavy atom. The van der Waals surface area contributed by atoms with Crippen LogP contribution in [0.5, 0.6) is 0 Å². The zero-order chi connectivity index (χ0) is 15.7. The fraction of sp³-hybridized carbons (Fsp3) is 0.412. The fourth-order valence-electron chi connectivity index (χ4n) is 3.54. The van der Waals surface area contributed by atoms with Crippen LogP contribution < -0.4 is 5.73 Å². The summed E-state index contributed by atoms with van der Waals surface area (Å²) in [5.74, 6) is -0.554. The Kier molecular flexibility index (Phi) is 3.98. The summed E-state index contributed by atoms with van der Waals surface area (Å²) in [4.78, 5) is 24.7. The Balaban J connectivity index is 1.65. The van der Waals surface area contributed by atoms with E-state index in [1.54, 1.807) is 0 Å². The molecule has 1 aromatic rings. The van der Waals surface area contributed by atoms with Gasteiger partial charge in [0.1, 0.15) is 0 Å². The van der Waals surface area contributed by atoms with Gasteiger partial charge in [0.2, 0.25) is 11.8 Å². The molecule has 22 heavy (non-hydrogen) atoms. The van der Waals surface area contributed by atoms with Gasteiger partial charge in [0.25, 0.3) is 0 Å². The number of aliphatic hydroxyl groups is 1. The largest absolute Gasteiger partial charge is 0.369 e. The fourth-order valence-corrected chi connectivity index (χ4v) is 3.54. The SMILES string of the molecule is NC(=O)C1=CC(=O)N(C2CCC(c3ccccc3)CC2)C1O. The number of hydrogen-bond donors (Lipinski definition) is 2. The Bertz CT molecular complexity index is 604. The van der Waals surface area contributed by atoms with Crippen molar-refractivity contribution in [3.63, 3.8) is 0 Å². The molecule has 1 aliphatic heterocycles. The summed E-state index contributed by atoms with van der Waals surface area (Å²) in [6.07, 6.45) is 3.55. The molecule has 116 valence electrons. The molecule has 1 heterocycles. The van der Waals surface area contributed by atoms with Crippen molar-refractivity contribution in [1.29, 1.82) is 0 Å². The smallest absolute Gasteiger partial charge is 0.249 e. The van der Waals surface area contributed by atoms with Crippen LogP contribution >= 0.6 is 0 Å². The molecule has 5 nitrogen and oxygen atoms in total. The molecule has 1 unspecified atom stereocenters. The number of hydrogen-bond acceptors (Lipinski definition) is 3. The lowest BCUT2D eigenvalue weighted by Crippen LogP contribution is -2.46. The summed E-state index contributed by atoms with van der Waals surface area (Å²) in [5.41, 5.74) is 6.51. The molecule has 0 spiro atoms. The van der Waals surface area contributed by atoms with Crippen molar-refractivity contribution < 1.29 is 14.7 Å². The third-order valence-corrected chi connectivity index (χ3v) is 4.72. The Morgan fingerprint density at radius 2 is 1.77 bits per heavy atom. The summed E-state index contributed by atoms with van der Waals surface area (Å²) < 4.78 is 0. The first-order chi connectivity index (χ1) is 10.6. The molecular weight excluding hydrogens is 280 g/mol. The van der Waals surface area contributed by atoms with Gasteiger partial charge in [0, 0.05) is 12.1 Å². The van der Waals surface area contributed by atoms with Gasteiger partial charge in [-0.3, -0.25) is 9.59 Å². The summed E-state index contributed by atoms with van der Waals surface area (Å²) >= 11 is 0. The lowest BCUT2D eigenvalue weighted by atomic mass is 9.81. The maximum Gasteiger partial charge on any atom is 0.249 e. The monoisotopic (exact) mass is 300 g/mol. The van der Waals surface area contributed by atoms with E-state index >= 15 is 0 Å². The minimum atomic E-state index is -1.19. The van der Waals surface area contributed by atoms with E-state index in [0.717, 1.165) is 31.8 Å². The summed E-state index contributed by atoms with van der Waals surface area (Å²) in [6, 6.07) is 10.3. The highest BCUT2D eigenvalue weighted by Crippen LogP contribution is 2.36. The number of carbonyl (C=O) groups is 2. The molecule has 2 amide bonds. The highest BCUT2D eigenvalue weighted by molar-refractivity contribution is 6.04. The van der Waals surface area contributed by atoms with E-state index in [1.165, 1.54) is 10.5 Å². The van der Waals surface area contributed by atoms with Crippen molar-refractivity contribution in [2.45, 2.75) is 43.9 Å². The number of amides is 2. The van der Waals surface area contributed by atoms with Gasteiger partial charge in [-0.15, -0.1) is 0 Å². The second-order valence-corrected chi connectivity index (χ2v) is 6.00. The molecule has 5 heteroatoms. The van der Waals surface area contributed by atoms with E-state index in [9.17, 15) is 14.7 Å². The van der Waals surface area contributed by atoms with Crippen LogP contribution in [0.25, 0.3) is 0 Å². The van der Waals surface area contributed by atoms with Gasteiger partial charge in [0.05, 0.1) is 5.57 Å². The first-order valence-corrected chi connectivity index (χ1v) is 7.64. The molecule has 1 fully saturated rings. The summed E-state index contributed by atoms with van der Waals surface area (Å²) in [7, 11) is 0. The Hall–Kier alpha value is -2.14. The predicted octanol–water partition coefficient (Wildman–Crippen LogP) is 1.29. The normalized spacial score (nSPS) is 28.6. The zero-order valence-corrected chi connectivity index (χ0v) is 12.3. The first kappa shape index (κ1) is 14.8. The van der Waals surface area contributed by atoms with E-state index in [0.29, 0.717) is 5.92 Å². The third kappa shape index (κ3) is 2.64. The third-order valence-electron chi connectivity index (χ3n) is 4.72. The Labute approximate surface area is 129 Å². The second kappa shape index (κ2) is 5.93. The van der Waals surface area contributed by atoms with Gasteiger partial charge in [0.15, 0.2) is 6.23 Å². The van der Waals surface area contributed by atoms with Crippen LogP contribution in [0, 0.1) is 0 Å². The van der Waals surface area contributed by atoms with Gasteiger partial charge in [-0.25, -0.2) is 0 Å². The van der Waals surface area contributed by atoms with Crippen LogP contribution in [-0.2, 0) is 9.59 Å². The number of aliphatic hydroxyl groups excluding tert-OH is 1. The molecule has 0 bridgehead atoms. The second-order valence-electron chi connectivity index (χ2n) is 6.00. The minimum Gasteiger partial charge on any atom is -0.369 e. The van der Waals surface area contributed by atoms with E-state index in [2.05, 4.69) is 12.1 Å². The molecular formula is C17H20N2O3. The quantitative estimate of drug-likeness (QED) is 0.882. The summed E-state index contributed by atoms with van der Waals surface area (Å²) in [6.45, 7) is 0. The van der Waals surface area contributed by atoms with E-state index in [4.69, 9.17) is 5.73 Å². The molecule has 2 aliphatic rings. The van der Waals surface area contributed by atoms with Crippen LogP contribution in [0.3, 0.4) is 0 Å². The molecule has 0 saturated heterocycles. The maximum atomic E-state index is 12.0. The molecule has 1 saturated carbocycles. The van der Waals surface area contributed by atoms with Gasteiger partial charge >= 0.3 is 0 Å². The highest BCUT2D eigenvalue weighted by Gasteiger charge is 2.39. The van der Waals surface area contributed by atoms with Crippen molar-refractivity contribution in [1.82, 2.24) is 4.90 Å². The van der Waals surface area contributed by atoms with Crippen molar-refractivity contribution in [3.05, 3.63) is 47.5 Å². The Morgan fingerprint density at radius 1 is 1.14 bits per heavy atom. The number of carbonyl (C=O) groups excluding carboxylic acids is 2. The van der Waals surface area contributed by atoms with E-state index in [-0.39, 0.29) is 17.5 Å². The molecule has 0 aromatic heterocycles. The van der Waals surface area contributed by atoms with Gasteiger partial charge < -0.3 is 15.7 Å². The van der Waals surface area contributed by atoms with Crippen molar-refractivity contribution in [2.24, 2.45) is 5.73 Å². The number of benzene rings is 1. The molecule has 3 N–H and O–H groups in total. The lowest BCUT2D eigenvalue weighted by molar-refractivity contribution is -0.136. The number of nitrogens with two attached hydrogens (primary N) is 1. The van der Waals surface area contributed by atoms with Crippen LogP contribution in [0.4, 0.5) is 0 Å². The molecule has 1 atom stereocenters. The molecule has 0 radical (unpaired) electrons. The van der Waals surface area contributed by atoms with Crippen LogP contribution in [0.15, 0.2) is 42.0 Å². The standard InChI is InChI=1S/C17H20N2O3/c18-16(21)14-10-15(20)19(17(14)22)13-8-6-12(7-9-13)11-4-2-1-3-5-11/h1-5,10,12-13,17,22H,6-9H2,(H2,18,21). The van der Waals surface area contributed by atoms with E-state index in [1.807, 2.05) is 18.2 Å². The number of rotatable bonds is 3. The highest BCUT2D eigenvalue weighted by atomic mass is 16.3. The van der Waals surface area contributed by atoms with Crippen molar-refractivity contribution >= 4 is 11.8 Å². The minimum absolute atomic E-state index is 0.00446. The van der Waals surface area contributed by atoms with E-state index < -0.39 is 12.1 Å². The zero-order valence-electron chi connectivity index (χ0n) is 12.3. The maximum absolute atomic E-state index is 12.0. The van der Waals surface area contributed by atoms with Gasteiger partial charge in [-0.1, -0.05) is 30.3 Å². The lowest BCUT2D eigenvalue weighted by Gasteiger charge is -2.36. The topological polar surface area (TPSA) is 83.6 Å². The van der Waals surface area contributed by atoms with Crippen LogP contribution in [-0.4, -0.2) is 34.1 Å².